The summed E-state index contributed by atoms with van der Waals surface area (Å²) >= 11 is 4.12. The Labute approximate surface area is 225 Å². The predicted molar refractivity (Wildman–Crippen MR) is 144 cm³/mol. The molecule has 5 atom stereocenters. The zero-order valence-corrected chi connectivity index (χ0v) is 22.2. The summed E-state index contributed by atoms with van der Waals surface area (Å²) in [6.45, 7) is 3.41. The highest BCUT2D eigenvalue weighted by Gasteiger charge is 2.32. The van der Waals surface area contributed by atoms with Crippen LogP contribution >= 0.6 is 12.6 Å². The quantitative estimate of drug-likeness (QED) is 0.146. The van der Waals surface area contributed by atoms with Crippen LogP contribution in [0.1, 0.15) is 38.7 Å². The van der Waals surface area contributed by atoms with E-state index in [1.165, 1.54) is 0 Å². The summed E-state index contributed by atoms with van der Waals surface area (Å²) in [5, 5.41) is 26.8. The fourth-order valence-electron chi connectivity index (χ4n) is 3.85. The van der Waals surface area contributed by atoms with Crippen LogP contribution in [0.15, 0.2) is 30.5 Å². The Balaban J connectivity index is 2.07. The van der Waals surface area contributed by atoms with E-state index < -0.39 is 66.2 Å². The van der Waals surface area contributed by atoms with Crippen LogP contribution in [-0.4, -0.2) is 74.8 Å². The van der Waals surface area contributed by atoms with Crippen LogP contribution in [0.2, 0.25) is 0 Å². The maximum atomic E-state index is 12.9. The van der Waals surface area contributed by atoms with Crippen LogP contribution in [0, 0.1) is 5.92 Å². The molecular weight excluding hydrogens is 514 g/mol. The average Bonchev–Trinajstić information content (AvgIpc) is 3.29. The zero-order chi connectivity index (χ0) is 28.4. The highest BCUT2D eigenvalue weighted by Crippen LogP contribution is 2.18. The Morgan fingerprint density at radius 1 is 1.00 bits per heavy atom. The molecule has 0 spiro atoms. The van der Waals surface area contributed by atoms with Gasteiger partial charge in [-0.2, -0.15) is 12.6 Å². The van der Waals surface area contributed by atoms with Gasteiger partial charge in [0.05, 0.1) is 6.04 Å². The number of benzene rings is 1. The number of fused-ring (bicyclic) bond motifs is 1. The van der Waals surface area contributed by atoms with Crippen molar-refractivity contribution in [1.82, 2.24) is 20.9 Å². The van der Waals surface area contributed by atoms with Crippen molar-refractivity contribution in [2.24, 2.45) is 11.7 Å². The Hall–Kier alpha value is -3.58. The minimum Gasteiger partial charge on any atom is -0.481 e. The number of carbonyl (C=O) groups is 5. The van der Waals surface area contributed by atoms with Gasteiger partial charge in [-0.25, -0.2) is 4.79 Å². The van der Waals surface area contributed by atoms with Crippen molar-refractivity contribution in [2.45, 2.75) is 63.7 Å². The van der Waals surface area contributed by atoms with Crippen molar-refractivity contribution < 1.29 is 34.2 Å². The average molecular weight is 550 g/mol. The zero-order valence-electron chi connectivity index (χ0n) is 21.3. The van der Waals surface area contributed by atoms with Gasteiger partial charge in [0, 0.05) is 29.3 Å². The lowest BCUT2D eigenvalue weighted by Gasteiger charge is -2.26. The second-order valence-corrected chi connectivity index (χ2v) is 9.48. The molecule has 0 saturated heterocycles. The van der Waals surface area contributed by atoms with Gasteiger partial charge in [-0.1, -0.05) is 38.5 Å². The largest absolute Gasteiger partial charge is 0.481 e. The molecule has 38 heavy (non-hydrogen) atoms. The number of aromatic amines is 1. The molecule has 12 nitrogen and oxygen atoms in total. The van der Waals surface area contributed by atoms with Crippen LogP contribution in [0.3, 0.4) is 0 Å². The van der Waals surface area contributed by atoms with Gasteiger partial charge < -0.3 is 36.9 Å². The molecule has 2 aromatic rings. The highest BCUT2D eigenvalue weighted by molar-refractivity contribution is 7.80. The van der Waals surface area contributed by atoms with Crippen molar-refractivity contribution in [3.63, 3.8) is 0 Å². The van der Waals surface area contributed by atoms with Crippen molar-refractivity contribution >= 4 is 53.2 Å². The van der Waals surface area contributed by atoms with E-state index in [0.717, 1.165) is 16.5 Å². The Bertz CT molecular complexity index is 1150. The standard InChI is InChI=1S/C25H35N5O7S/c1-3-13(2)21(25(36)37)30-23(34)18(8-9-20(31)32)28-24(35)19(12-38)29-22(33)16(26)10-14-11-27-17-7-5-4-6-15(14)17/h4-7,11,13,16,18-19,21,27,38H,3,8-10,12,26H2,1-2H3,(H,28,35)(H,29,33)(H,30,34)(H,31,32)(H,36,37). The van der Waals surface area contributed by atoms with Crippen LogP contribution < -0.4 is 21.7 Å². The Morgan fingerprint density at radius 3 is 2.24 bits per heavy atom. The van der Waals surface area contributed by atoms with Gasteiger partial charge >= 0.3 is 11.9 Å². The lowest BCUT2D eigenvalue weighted by atomic mass is 9.98. The van der Waals surface area contributed by atoms with Gasteiger partial charge in [0.1, 0.15) is 18.1 Å². The minimum absolute atomic E-state index is 0.130. The van der Waals surface area contributed by atoms with Crippen molar-refractivity contribution in [1.29, 1.82) is 0 Å². The minimum atomic E-state index is -1.34. The number of hydrogen-bond donors (Lipinski definition) is 8. The topological polar surface area (TPSA) is 204 Å². The van der Waals surface area contributed by atoms with Crippen molar-refractivity contribution in [3.8, 4) is 0 Å². The molecule has 0 fully saturated rings. The number of carboxylic acids is 2. The lowest BCUT2D eigenvalue weighted by molar-refractivity contribution is -0.144. The monoisotopic (exact) mass is 549 g/mol. The summed E-state index contributed by atoms with van der Waals surface area (Å²) in [5.74, 6) is -5.22. The number of para-hydroxylation sites is 1. The molecule has 3 amide bonds. The summed E-state index contributed by atoms with van der Waals surface area (Å²) < 4.78 is 0. The molecule has 0 aliphatic rings. The van der Waals surface area contributed by atoms with Gasteiger partial charge in [0.2, 0.25) is 17.7 Å². The van der Waals surface area contributed by atoms with Gasteiger partial charge in [-0.05, 0) is 30.4 Å². The molecular formula is C25H35N5O7S. The van der Waals surface area contributed by atoms with Gasteiger partial charge in [-0.3, -0.25) is 19.2 Å². The smallest absolute Gasteiger partial charge is 0.326 e. The van der Waals surface area contributed by atoms with Gasteiger partial charge in [-0.15, -0.1) is 0 Å². The van der Waals surface area contributed by atoms with Crippen molar-refractivity contribution in [3.05, 3.63) is 36.0 Å². The molecule has 13 heteroatoms. The van der Waals surface area contributed by atoms with E-state index in [-0.39, 0.29) is 18.6 Å². The second-order valence-electron chi connectivity index (χ2n) is 9.12. The molecule has 1 heterocycles. The number of carboxylic acid groups (broad SMARTS) is 2. The summed E-state index contributed by atoms with van der Waals surface area (Å²) in [6, 6.07) is 2.81. The number of H-pyrrole nitrogens is 1. The number of hydrogen-bond acceptors (Lipinski definition) is 7. The fourth-order valence-corrected chi connectivity index (χ4v) is 4.11. The molecule has 8 N–H and O–H groups in total. The number of rotatable bonds is 15. The van der Waals surface area contributed by atoms with Crippen LogP contribution in [0.4, 0.5) is 0 Å². The fraction of sp³-hybridized carbons (Fsp3) is 0.480. The summed E-state index contributed by atoms with van der Waals surface area (Å²) in [4.78, 5) is 64.3. The number of nitrogens with two attached hydrogens (primary N) is 1. The number of nitrogens with one attached hydrogen (secondary N) is 4. The number of thiol groups is 1. The maximum Gasteiger partial charge on any atom is 0.326 e. The summed E-state index contributed by atoms with van der Waals surface area (Å²) in [7, 11) is 0. The number of aliphatic carboxylic acids is 2. The van der Waals surface area contributed by atoms with Crippen LogP contribution in [0.25, 0.3) is 10.9 Å². The summed E-state index contributed by atoms with van der Waals surface area (Å²) in [5.41, 5.74) is 7.81. The molecule has 1 aromatic carbocycles. The molecule has 0 aliphatic carbocycles. The third kappa shape index (κ3) is 8.48. The molecule has 5 unspecified atom stereocenters. The molecule has 208 valence electrons. The van der Waals surface area contributed by atoms with Gasteiger partial charge in [0.15, 0.2) is 0 Å². The van der Waals surface area contributed by atoms with E-state index >= 15 is 0 Å². The van der Waals surface area contributed by atoms with E-state index in [9.17, 15) is 29.1 Å². The molecule has 0 bridgehead atoms. The lowest BCUT2D eigenvalue weighted by Crippen LogP contribution is -2.58. The third-order valence-corrected chi connectivity index (χ3v) is 6.69. The Kier molecular flexibility index (Phi) is 11.6. The molecule has 1 aromatic heterocycles. The first-order valence-electron chi connectivity index (χ1n) is 12.3. The number of amides is 3. The van der Waals surface area contributed by atoms with Gasteiger partial charge in [0.25, 0.3) is 0 Å². The normalized spacial score (nSPS) is 15.1. The molecule has 0 saturated carbocycles. The predicted octanol–water partition coefficient (Wildman–Crippen LogP) is 0.417. The van der Waals surface area contributed by atoms with E-state index in [4.69, 9.17) is 10.8 Å². The van der Waals surface area contributed by atoms with E-state index in [2.05, 4.69) is 33.6 Å². The summed E-state index contributed by atoms with van der Waals surface area (Å²) in [6.07, 6.45) is 1.69. The van der Waals surface area contributed by atoms with E-state index in [1.54, 1.807) is 20.0 Å². The second kappa shape index (κ2) is 14.4. The maximum absolute atomic E-state index is 12.9. The SMILES string of the molecule is CCC(C)C(NC(=O)C(CCC(=O)O)NC(=O)C(CS)NC(=O)C(N)Cc1c[nH]c2ccccc12)C(=O)O. The van der Waals surface area contributed by atoms with E-state index in [0.29, 0.717) is 6.42 Å². The first kappa shape index (κ1) is 30.6. The van der Waals surface area contributed by atoms with Crippen LogP contribution in [-0.2, 0) is 30.4 Å². The first-order valence-corrected chi connectivity index (χ1v) is 12.9. The molecule has 0 aliphatic heterocycles. The van der Waals surface area contributed by atoms with Crippen molar-refractivity contribution in [2.75, 3.05) is 5.75 Å². The van der Waals surface area contributed by atoms with Crippen LogP contribution in [0.5, 0.6) is 0 Å². The Morgan fingerprint density at radius 2 is 1.63 bits per heavy atom. The number of carbonyl (C=O) groups excluding carboxylic acids is 3. The molecule has 2 rings (SSSR count). The van der Waals surface area contributed by atoms with E-state index in [1.807, 2.05) is 24.3 Å². The highest BCUT2D eigenvalue weighted by atomic mass is 32.1. The third-order valence-electron chi connectivity index (χ3n) is 6.32. The first-order chi connectivity index (χ1) is 18.0. The number of aromatic nitrogens is 1. The molecule has 0 radical (unpaired) electrons.